The molecule has 1 fully saturated rings. The summed E-state index contributed by atoms with van der Waals surface area (Å²) >= 11 is 0. The van der Waals surface area contributed by atoms with E-state index in [0.29, 0.717) is 36.4 Å². The lowest BCUT2D eigenvalue weighted by molar-refractivity contribution is -0.139. The Balaban J connectivity index is 1.78. The Bertz CT molecular complexity index is 1190. The van der Waals surface area contributed by atoms with Gasteiger partial charge in [-0.05, 0) is 41.8 Å². The number of hydrogen-bond donors (Lipinski definition) is 1. The summed E-state index contributed by atoms with van der Waals surface area (Å²) in [5, 5.41) is 11.1. The molecule has 1 aliphatic rings. The average molecular weight is 440 g/mol. The number of carbonyl (C=O) groups is 2. The van der Waals surface area contributed by atoms with E-state index in [9.17, 15) is 14.7 Å². The monoisotopic (exact) mass is 440 g/mol. The number of likely N-dealkylation sites (tertiary alicyclic amines) is 1. The first-order valence-electron chi connectivity index (χ1n) is 10.7. The summed E-state index contributed by atoms with van der Waals surface area (Å²) in [6.07, 6.45) is 5.27. The van der Waals surface area contributed by atoms with E-state index in [-0.39, 0.29) is 11.3 Å². The zero-order chi connectivity index (χ0) is 23.2. The molecular weight excluding hydrogens is 416 g/mol. The molecule has 1 atom stereocenters. The Morgan fingerprint density at radius 2 is 1.82 bits per heavy atom. The van der Waals surface area contributed by atoms with Gasteiger partial charge in [0.15, 0.2) is 0 Å². The number of aromatic nitrogens is 1. The highest BCUT2D eigenvalue weighted by Gasteiger charge is 2.45. The molecule has 4 rings (SSSR count). The number of hydrogen-bond acceptors (Lipinski definition) is 5. The van der Waals surface area contributed by atoms with E-state index in [4.69, 9.17) is 4.74 Å². The summed E-state index contributed by atoms with van der Waals surface area (Å²) < 4.78 is 5.66. The van der Waals surface area contributed by atoms with E-state index in [1.807, 2.05) is 36.4 Å². The smallest absolute Gasteiger partial charge is 0.295 e. The number of Topliss-reactive ketones (excluding diaryl/α,β-unsaturated/α-hetero) is 1. The first-order chi connectivity index (χ1) is 16.1. The maximum atomic E-state index is 13.1. The van der Waals surface area contributed by atoms with Crippen LogP contribution in [-0.2, 0) is 16.0 Å². The average Bonchev–Trinajstić information content (AvgIpc) is 3.12. The predicted molar refractivity (Wildman–Crippen MR) is 126 cm³/mol. The van der Waals surface area contributed by atoms with Crippen LogP contribution in [0.5, 0.6) is 5.75 Å². The first kappa shape index (κ1) is 22.0. The molecule has 166 valence electrons. The van der Waals surface area contributed by atoms with E-state index >= 15 is 0 Å². The van der Waals surface area contributed by atoms with Crippen molar-refractivity contribution < 1.29 is 19.4 Å². The Labute approximate surface area is 192 Å². The van der Waals surface area contributed by atoms with Crippen molar-refractivity contribution in [2.45, 2.75) is 12.5 Å². The molecule has 2 heterocycles. The molecule has 0 spiro atoms. The molecule has 6 heteroatoms. The van der Waals surface area contributed by atoms with E-state index in [1.54, 1.807) is 36.4 Å². The van der Waals surface area contributed by atoms with Gasteiger partial charge in [-0.2, -0.15) is 0 Å². The van der Waals surface area contributed by atoms with Gasteiger partial charge in [-0.1, -0.05) is 55.1 Å². The zero-order valence-corrected chi connectivity index (χ0v) is 18.1. The SMILES string of the molecule is C=CCOc1cccc(C2C(=C(O)c3ccncc3)C(=O)C(=O)N2CCc2ccccc2)c1. The topological polar surface area (TPSA) is 79.7 Å². The molecule has 1 amide bonds. The molecule has 2 aromatic carbocycles. The van der Waals surface area contributed by atoms with Crippen molar-refractivity contribution in [1.29, 1.82) is 0 Å². The molecule has 6 nitrogen and oxygen atoms in total. The second-order valence-corrected chi connectivity index (χ2v) is 7.64. The minimum atomic E-state index is -0.742. The number of carbonyl (C=O) groups excluding carboxylic acids is 2. The molecule has 0 bridgehead atoms. The van der Waals surface area contributed by atoms with Crippen molar-refractivity contribution in [2.75, 3.05) is 13.2 Å². The summed E-state index contributed by atoms with van der Waals surface area (Å²) in [5.74, 6) is -0.978. The van der Waals surface area contributed by atoms with Crippen LogP contribution in [0.1, 0.15) is 22.7 Å². The summed E-state index contributed by atoms with van der Waals surface area (Å²) in [7, 11) is 0. The van der Waals surface area contributed by atoms with Crippen LogP contribution in [0.15, 0.2) is 97.4 Å². The number of nitrogens with zero attached hydrogens (tertiary/aromatic N) is 2. The van der Waals surface area contributed by atoms with Crippen molar-refractivity contribution in [2.24, 2.45) is 0 Å². The van der Waals surface area contributed by atoms with E-state index in [2.05, 4.69) is 11.6 Å². The van der Waals surface area contributed by atoms with Gasteiger partial charge in [0, 0.05) is 24.5 Å². The van der Waals surface area contributed by atoms with Crippen LogP contribution >= 0.6 is 0 Å². The number of ether oxygens (including phenoxy) is 1. The number of aliphatic hydroxyl groups is 1. The standard InChI is InChI=1S/C27H24N2O4/c1-2-17-33-22-10-6-9-21(18-22)24-23(25(30)20-11-14-28-15-12-20)26(31)27(32)29(24)16-13-19-7-4-3-5-8-19/h2-12,14-15,18,24,30H,1,13,16-17H2. The quantitative estimate of drug-likeness (QED) is 0.244. The van der Waals surface area contributed by atoms with Gasteiger partial charge in [0.25, 0.3) is 11.7 Å². The third kappa shape index (κ3) is 4.70. The van der Waals surface area contributed by atoms with E-state index in [1.165, 1.54) is 17.3 Å². The molecule has 1 saturated heterocycles. The highest BCUT2D eigenvalue weighted by Crippen LogP contribution is 2.40. The normalized spacial score (nSPS) is 17.2. The minimum absolute atomic E-state index is 0.0557. The Kier molecular flexibility index (Phi) is 6.64. The third-order valence-electron chi connectivity index (χ3n) is 5.52. The van der Waals surface area contributed by atoms with Crippen LogP contribution in [0.25, 0.3) is 5.76 Å². The van der Waals surface area contributed by atoms with Gasteiger partial charge in [-0.15, -0.1) is 0 Å². The Hall–Kier alpha value is -4.19. The summed E-state index contributed by atoms with van der Waals surface area (Å²) in [6, 6.07) is 19.4. The Morgan fingerprint density at radius 1 is 1.06 bits per heavy atom. The summed E-state index contributed by atoms with van der Waals surface area (Å²) in [4.78, 5) is 31.7. The molecule has 3 aromatic rings. The fourth-order valence-electron chi connectivity index (χ4n) is 3.95. The fraction of sp³-hybridized carbons (Fsp3) is 0.148. The molecule has 1 aliphatic heterocycles. The number of aliphatic hydroxyl groups excluding tert-OH is 1. The summed E-state index contributed by atoms with van der Waals surface area (Å²) in [5.41, 5.74) is 2.21. The molecule has 0 radical (unpaired) electrons. The van der Waals surface area contributed by atoms with Crippen molar-refractivity contribution in [3.63, 3.8) is 0 Å². The van der Waals surface area contributed by atoms with Gasteiger partial charge >= 0.3 is 0 Å². The lowest BCUT2D eigenvalue weighted by Gasteiger charge is -2.25. The largest absolute Gasteiger partial charge is 0.507 e. The van der Waals surface area contributed by atoms with Crippen molar-refractivity contribution in [3.05, 3.63) is 114 Å². The number of benzene rings is 2. The van der Waals surface area contributed by atoms with Gasteiger partial charge in [0.1, 0.15) is 18.1 Å². The first-order valence-corrected chi connectivity index (χ1v) is 10.7. The maximum absolute atomic E-state index is 13.1. The number of pyridine rings is 1. The number of ketones is 1. The van der Waals surface area contributed by atoms with Crippen LogP contribution in [0.2, 0.25) is 0 Å². The zero-order valence-electron chi connectivity index (χ0n) is 18.1. The lowest BCUT2D eigenvalue weighted by Crippen LogP contribution is -2.31. The number of amides is 1. The molecule has 0 saturated carbocycles. The highest BCUT2D eigenvalue weighted by molar-refractivity contribution is 6.46. The lowest BCUT2D eigenvalue weighted by atomic mass is 9.95. The third-order valence-corrected chi connectivity index (χ3v) is 5.52. The summed E-state index contributed by atoms with van der Waals surface area (Å²) in [6.45, 7) is 4.31. The van der Waals surface area contributed by atoms with Crippen molar-refractivity contribution >= 4 is 17.4 Å². The molecular formula is C27H24N2O4. The van der Waals surface area contributed by atoms with Crippen LogP contribution in [0, 0.1) is 0 Å². The van der Waals surface area contributed by atoms with E-state index < -0.39 is 17.7 Å². The number of rotatable bonds is 8. The van der Waals surface area contributed by atoms with Crippen LogP contribution in [-0.4, -0.2) is 39.8 Å². The van der Waals surface area contributed by atoms with Gasteiger partial charge < -0.3 is 14.7 Å². The van der Waals surface area contributed by atoms with Gasteiger partial charge in [-0.25, -0.2) is 0 Å². The Morgan fingerprint density at radius 3 is 2.55 bits per heavy atom. The van der Waals surface area contributed by atoms with Crippen LogP contribution < -0.4 is 4.74 Å². The second kappa shape index (κ2) is 9.96. The van der Waals surface area contributed by atoms with Gasteiger partial charge in [0.2, 0.25) is 0 Å². The fourth-order valence-corrected chi connectivity index (χ4v) is 3.95. The van der Waals surface area contributed by atoms with Crippen molar-refractivity contribution in [1.82, 2.24) is 9.88 Å². The molecule has 33 heavy (non-hydrogen) atoms. The second-order valence-electron chi connectivity index (χ2n) is 7.64. The maximum Gasteiger partial charge on any atom is 0.295 e. The minimum Gasteiger partial charge on any atom is -0.507 e. The molecule has 1 unspecified atom stereocenters. The van der Waals surface area contributed by atoms with Gasteiger partial charge in [-0.3, -0.25) is 14.6 Å². The molecule has 0 aliphatic carbocycles. The van der Waals surface area contributed by atoms with Crippen molar-refractivity contribution in [3.8, 4) is 5.75 Å². The van der Waals surface area contributed by atoms with Crippen LogP contribution in [0.3, 0.4) is 0 Å². The van der Waals surface area contributed by atoms with Crippen LogP contribution in [0.4, 0.5) is 0 Å². The molecule has 1 N–H and O–H groups in total. The van der Waals surface area contributed by atoms with Gasteiger partial charge in [0.05, 0.1) is 11.6 Å². The predicted octanol–water partition coefficient (Wildman–Crippen LogP) is 4.31. The molecule has 1 aromatic heterocycles. The van der Waals surface area contributed by atoms with E-state index in [0.717, 1.165) is 5.56 Å². The highest BCUT2D eigenvalue weighted by atomic mass is 16.5.